The second kappa shape index (κ2) is 5.31. The van der Waals surface area contributed by atoms with Crippen molar-refractivity contribution in [2.75, 3.05) is 11.4 Å². The van der Waals surface area contributed by atoms with Crippen LogP contribution in [0, 0.1) is 5.92 Å². The van der Waals surface area contributed by atoms with Crippen molar-refractivity contribution in [2.24, 2.45) is 5.92 Å². The Labute approximate surface area is 131 Å². The van der Waals surface area contributed by atoms with Crippen LogP contribution in [0.5, 0.6) is 0 Å². The molecule has 4 nitrogen and oxygen atoms in total. The number of halogens is 1. The summed E-state index contributed by atoms with van der Waals surface area (Å²) in [6.07, 6.45) is 8.14. The highest BCUT2D eigenvalue weighted by atomic mass is 35.5. The largest absolute Gasteiger partial charge is 0.366 e. The van der Waals surface area contributed by atoms with Gasteiger partial charge in [-0.15, -0.1) is 0 Å². The van der Waals surface area contributed by atoms with Crippen molar-refractivity contribution < 1.29 is 0 Å². The van der Waals surface area contributed by atoms with E-state index in [1.54, 1.807) is 6.20 Å². The second-order valence-corrected chi connectivity index (χ2v) is 7.70. The summed E-state index contributed by atoms with van der Waals surface area (Å²) in [6.45, 7) is 6.88. The van der Waals surface area contributed by atoms with E-state index in [4.69, 9.17) is 11.6 Å². The molecule has 1 aromatic heterocycles. The first-order chi connectivity index (χ1) is 9.89. The molecular weight excluding hydrogens is 286 g/mol. The lowest BCUT2D eigenvalue weighted by Crippen LogP contribution is -2.41. The molecule has 0 radical (unpaired) electrons. The first-order valence-electron chi connectivity index (χ1n) is 7.94. The lowest BCUT2D eigenvalue weighted by molar-refractivity contribution is 0.261. The summed E-state index contributed by atoms with van der Waals surface area (Å²) in [5.74, 6) is 0.772. The molecule has 1 aromatic rings. The Kier molecular flexibility index (Phi) is 3.76. The predicted molar refractivity (Wildman–Crippen MR) is 86.2 cm³/mol. The normalized spacial score (nSPS) is 23.4. The number of anilines is 1. The van der Waals surface area contributed by atoms with Gasteiger partial charge in [0.2, 0.25) is 0 Å². The molecule has 2 heterocycles. The van der Waals surface area contributed by atoms with Gasteiger partial charge in [0.05, 0.1) is 17.4 Å². The van der Waals surface area contributed by atoms with Crippen molar-refractivity contribution >= 4 is 17.3 Å². The molecule has 1 aliphatic carbocycles. The summed E-state index contributed by atoms with van der Waals surface area (Å²) in [5, 5.41) is 4.70. The topological polar surface area (TPSA) is 38.1 Å². The van der Waals surface area contributed by atoms with Crippen LogP contribution < -0.4 is 10.5 Å². The van der Waals surface area contributed by atoms with E-state index in [1.165, 1.54) is 36.8 Å². The van der Waals surface area contributed by atoms with Gasteiger partial charge in [-0.1, -0.05) is 18.0 Å². The average Bonchev–Trinajstić information content (AvgIpc) is 2.77. The zero-order valence-corrected chi connectivity index (χ0v) is 13.9. The Hall–Kier alpha value is -1.03. The van der Waals surface area contributed by atoms with Gasteiger partial charge in [-0.25, -0.2) is 4.68 Å². The van der Waals surface area contributed by atoms with Crippen LogP contribution in [0.4, 0.5) is 5.69 Å². The van der Waals surface area contributed by atoms with Crippen molar-refractivity contribution in [3.63, 3.8) is 0 Å². The molecule has 3 rings (SSSR count). The van der Waals surface area contributed by atoms with Crippen LogP contribution in [0.2, 0.25) is 5.02 Å². The van der Waals surface area contributed by atoms with Crippen LogP contribution in [-0.2, 0) is 5.54 Å². The maximum Gasteiger partial charge on any atom is 0.288 e. The van der Waals surface area contributed by atoms with Gasteiger partial charge >= 0.3 is 0 Å². The van der Waals surface area contributed by atoms with Crippen LogP contribution in [0.1, 0.15) is 52.9 Å². The quantitative estimate of drug-likeness (QED) is 0.840. The molecule has 1 atom stereocenters. The van der Waals surface area contributed by atoms with E-state index in [0.29, 0.717) is 11.1 Å². The van der Waals surface area contributed by atoms with Crippen molar-refractivity contribution in [1.29, 1.82) is 0 Å². The molecule has 2 fully saturated rings. The van der Waals surface area contributed by atoms with Crippen molar-refractivity contribution in [1.82, 2.24) is 9.78 Å². The van der Waals surface area contributed by atoms with Gasteiger partial charge in [-0.05, 0) is 52.4 Å². The van der Waals surface area contributed by atoms with Crippen molar-refractivity contribution in [2.45, 2.75) is 64.5 Å². The summed E-state index contributed by atoms with van der Waals surface area (Å²) in [7, 11) is 0. The zero-order chi connectivity index (χ0) is 15.2. The third kappa shape index (κ3) is 2.59. The summed E-state index contributed by atoms with van der Waals surface area (Å²) in [5.41, 5.74) is 0.301. The second-order valence-electron chi connectivity index (χ2n) is 7.33. The maximum atomic E-state index is 12.5. The summed E-state index contributed by atoms with van der Waals surface area (Å²) < 4.78 is 1.48. The first kappa shape index (κ1) is 14.9. The summed E-state index contributed by atoms with van der Waals surface area (Å²) >= 11 is 6.40. The number of hydrogen-bond acceptors (Lipinski definition) is 3. The van der Waals surface area contributed by atoms with Gasteiger partial charge in [0.1, 0.15) is 5.02 Å². The molecule has 2 aliphatic rings. The minimum atomic E-state index is -0.350. The van der Waals surface area contributed by atoms with E-state index in [9.17, 15) is 4.79 Å². The Balaban J connectivity index is 1.95. The molecule has 0 aromatic carbocycles. The molecule has 0 spiro atoms. The smallest absolute Gasteiger partial charge is 0.288 e. The van der Waals surface area contributed by atoms with E-state index in [1.807, 2.05) is 20.8 Å². The van der Waals surface area contributed by atoms with E-state index >= 15 is 0 Å². The number of aromatic nitrogens is 2. The van der Waals surface area contributed by atoms with Gasteiger partial charge in [0, 0.05) is 12.6 Å². The van der Waals surface area contributed by atoms with E-state index in [-0.39, 0.29) is 11.1 Å². The molecular formula is C16H24ClN3O. The van der Waals surface area contributed by atoms with Gasteiger partial charge in [-0.2, -0.15) is 5.10 Å². The van der Waals surface area contributed by atoms with Crippen LogP contribution >= 0.6 is 11.6 Å². The minimum absolute atomic E-state index is 0.180. The van der Waals surface area contributed by atoms with Gasteiger partial charge in [0.25, 0.3) is 5.56 Å². The summed E-state index contributed by atoms with van der Waals surface area (Å²) in [4.78, 5) is 14.8. The van der Waals surface area contributed by atoms with Crippen molar-refractivity contribution in [3.8, 4) is 0 Å². The lowest BCUT2D eigenvalue weighted by atomic mass is 9.79. The SMILES string of the molecule is CC(C)(C)n1ncc(N2CCCC2C2CCC2)c(Cl)c1=O. The average molecular weight is 310 g/mol. The van der Waals surface area contributed by atoms with E-state index < -0.39 is 0 Å². The number of nitrogens with zero attached hydrogens (tertiary/aromatic N) is 3. The number of rotatable bonds is 2. The lowest BCUT2D eigenvalue weighted by Gasteiger charge is -2.38. The van der Waals surface area contributed by atoms with E-state index in [2.05, 4.69) is 10.00 Å². The molecule has 1 aliphatic heterocycles. The highest BCUT2D eigenvalue weighted by Gasteiger charge is 2.36. The standard InChI is InChI=1S/C16H24ClN3O/c1-16(2,3)20-15(21)14(17)13(10-18-20)19-9-5-8-12(19)11-6-4-7-11/h10-12H,4-9H2,1-3H3. The highest BCUT2D eigenvalue weighted by molar-refractivity contribution is 6.33. The fourth-order valence-electron chi connectivity index (χ4n) is 3.51. The van der Waals surface area contributed by atoms with Crippen LogP contribution in [-0.4, -0.2) is 22.4 Å². The highest BCUT2D eigenvalue weighted by Crippen LogP contribution is 2.40. The van der Waals surface area contributed by atoms with Crippen LogP contribution in [0.3, 0.4) is 0 Å². The van der Waals surface area contributed by atoms with Crippen LogP contribution in [0.15, 0.2) is 11.0 Å². The molecule has 1 saturated carbocycles. The molecule has 0 amide bonds. The molecule has 1 unspecified atom stereocenters. The molecule has 116 valence electrons. The molecule has 1 saturated heterocycles. The fourth-order valence-corrected chi connectivity index (χ4v) is 3.75. The number of hydrogen-bond donors (Lipinski definition) is 0. The molecule has 0 bridgehead atoms. The van der Waals surface area contributed by atoms with Gasteiger partial charge in [-0.3, -0.25) is 4.79 Å². The minimum Gasteiger partial charge on any atom is -0.366 e. The van der Waals surface area contributed by atoms with Gasteiger partial charge < -0.3 is 4.90 Å². The molecule has 0 N–H and O–H groups in total. The maximum absolute atomic E-state index is 12.5. The summed E-state index contributed by atoms with van der Waals surface area (Å²) in [6, 6.07) is 0.544. The molecule has 5 heteroatoms. The van der Waals surface area contributed by atoms with Crippen molar-refractivity contribution in [3.05, 3.63) is 21.6 Å². The Morgan fingerprint density at radius 2 is 1.95 bits per heavy atom. The monoisotopic (exact) mass is 309 g/mol. The first-order valence-corrected chi connectivity index (χ1v) is 8.32. The van der Waals surface area contributed by atoms with E-state index in [0.717, 1.165) is 18.2 Å². The Morgan fingerprint density at radius 3 is 2.52 bits per heavy atom. The van der Waals surface area contributed by atoms with Gasteiger partial charge in [0.15, 0.2) is 0 Å². The van der Waals surface area contributed by atoms with Crippen LogP contribution in [0.25, 0.3) is 0 Å². The Bertz CT molecular complexity index is 586. The fraction of sp³-hybridized carbons (Fsp3) is 0.750. The third-order valence-electron chi connectivity index (χ3n) is 4.84. The molecule has 21 heavy (non-hydrogen) atoms. The Morgan fingerprint density at radius 1 is 1.24 bits per heavy atom. The third-order valence-corrected chi connectivity index (χ3v) is 5.19. The zero-order valence-electron chi connectivity index (χ0n) is 13.1. The predicted octanol–water partition coefficient (Wildman–Crippen LogP) is 3.42.